The van der Waals surface area contributed by atoms with Gasteiger partial charge in [0.25, 0.3) is 0 Å². The molecule has 0 radical (unpaired) electrons. The number of amides is 1. The summed E-state index contributed by atoms with van der Waals surface area (Å²) in [6.07, 6.45) is 0.0126. The van der Waals surface area contributed by atoms with E-state index < -0.39 is 27.7 Å². The molecule has 1 amide bonds. The summed E-state index contributed by atoms with van der Waals surface area (Å²) in [7, 11) is 0. The Morgan fingerprint density at radius 2 is 2.25 bits per heavy atom. The molecule has 6 heteroatoms. The monoisotopic (exact) mass is 481 g/mol. The van der Waals surface area contributed by atoms with E-state index in [2.05, 4.69) is 11.9 Å². The number of hydrogen-bond donors (Lipinski definition) is 1. The summed E-state index contributed by atoms with van der Waals surface area (Å²) < 4.78 is 6.30. The van der Waals surface area contributed by atoms with Crippen molar-refractivity contribution in [3.8, 4) is 0 Å². The van der Waals surface area contributed by atoms with Gasteiger partial charge in [-0.15, -0.1) is 0 Å². The first-order valence-electron chi connectivity index (χ1n) is 5.59. The van der Waals surface area contributed by atoms with Crippen LogP contribution in [-0.2, 0) is 26.9 Å². The molecule has 0 aliphatic carbocycles. The second-order valence-corrected chi connectivity index (χ2v) is 15.7. The van der Waals surface area contributed by atoms with Gasteiger partial charge in [0.05, 0.1) is 0 Å². The van der Waals surface area contributed by atoms with Crippen LogP contribution in [0, 0.1) is 0 Å². The number of aliphatic hydroxyl groups excluding tert-OH is 1. The number of carbonyl (C=O) groups excluding carboxylic acids is 1. The standard InChI is InChI=1S/C10H18NO3.BrH.Hg/c1-7-8(12)5-6-11(7)9(13)14-10(2,3)4;;/h7-8,12H,1,5-6H2,2-4H3;1H;/q;;+1/p-1/t7-,8-;;/m1../s1. The summed E-state index contributed by atoms with van der Waals surface area (Å²) in [6.45, 7) is 6.19. The summed E-state index contributed by atoms with van der Waals surface area (Å²) in [6, 6.07) is -0.0177. The van der Waals surface area contributed by atoms with Gasteiger partial charge in [-0.2, -0.15) is 0 Å². The summed E-state index contributed by atoms with van der Waals surface area (Å²) in [5.41, 5.74) is -0.464. The van der Waals surface area contributed by atoms with Gasteiger partial charge in [-0.05, 0) is 0 Å². The van der Waals surface area contributed by atoms with Crippen molar-refractivity contribution >= 4 is 18.0 Å². The molecule has 0 bridgehead atoms. The molecule has 0 unspecified atom stereocenters. The average Bonchev–Trinajstić information content (AvgIpc) is 2.46. The van der Waals surface area contributed by atoms with Crippen LogP contribution in [0.1, 0.15) is 27.2 Å². The van der Waals surface area contributed by atoms with Crippen molar-refractivity contribution < 1.29 is 36.8 Å². The summed E-state index contributed by atoms with van der Waals surface area (Å²) in [4.78, 5) is 13.6. The Hall–Kier alpha value is 0.645. The van der Waals surface area contributed by atoms with Gasteiger partial charge >= 0.3 is 115 Å². The van der Waals surface area contributed by atoms with E-state index in [1.54, 1.807) is 4.90 Å². The predicted molar refractivity (Wildman–Crippen MR) is 61.1 cm³/mol. The molecular weight excluding hydrogens is 463 g/mol. The zero-order valence-electron chi connectivity index (χ0n) is 10.1. The summed E-state index contributed by atoms with van der Waals surface area (Å²) in [5.74, 6) is 0. The van der Waals surface area contributed by atoms with E-state index >= 15 is 0 Å². The third kappa shape index (κ3) is 4.15. The molecule has 2 atom stereocenters. The van der Waals surface area contributed by atoms with Gasteiger partial charge < -0.3 is 0 Å². The third-order valence-corrected chi connectivity index (χ3v) is 9.71. The number of ether oxygens (including phenoxy) is 1. The van der Waals surface area contributed by atoms with E-state index in [0.717, 1.165) is 3.93 Å². The van der Waals surface area contributed by atoms with Crippen LogP contribution in [0.3, 0.4) is 0 Å². The van der Waals surface area contributed by atoms with Crippen LogP contribution in [0.15, 0.2) is 0 Å². The fourth-order valence-electron chi connectivity index (χ4n) is 1.84. The second kappa shape index (κ2) is 6.00. The summed E-state index contributed by atoms with van der Waals surface area (Å²) in [5, 5.41) is 9.80. The van der Waals surface area contributed by atoms with Crippen LogP contribution >= 0.6 is 11.9 Å². The fourth-order valence-corrected chi connectivity index (χ4v) is 9.54. The first-order valence-corrected chi connectivity index (χ1v) is 21.4. The van der Waals surface area contributed by atoms with Crippen LogP contribution in [0.5, 0.6) is 0 Å². The van der Waals surface area contributed by atoms with Crippen molar-refractivity contribution in [1.82, 2.24) is 4.90 Å². The molecule has 1 aliphatic heterocycles. The first kappa shape index (κ1) is 14.7. The molecule has 1 fully saturated rings. The Labute approximate surface area is 114 Å². The third-order valence-electron chi connectivity index (χ3n) is 2.54. The van der Waals surface area contributed by atoms with Crippen molar-refractivity contribution in [1.29, 1.82) is 0 Å². The van der Waals surface area contributed by atoms with Crippen LogP contribution in [0.4, 0.5) is 4.79 Å². The molecule has 90 valence electrons. The molecule has 1 rings (SSSR count). The van der Waals surface area contributed by atoms with E-state index in [9.17, 15) is 9.90 Å². The Morgan fingerprint density at radius 3 is 2.75 bits per heavy atom. The van der Waals surface area contributed by atoms with Gasteiger partial charge in [-0.1, -0.05) is 0 Å². The molecule has 0 spiro atoms. The molecule has 1 heterocycles. The number of carbonyl (C=O) groups is 1. The van der Waals surface area contributed by atoms with Crippen LogP contribution in [0.2, 0.25) is 3.93 Å². The quantitative estimate of drug-likeness (QED) is 0.617. The van der Waals surface area contributed by atoms with Gasteiger partial charge in [0.1, 0.15) is 0 Å². The van der Waals surface area contributed by atoms with Gasteiger partial charge in [-0.3, -0.25) is 0 Å². The van der Waals surface area contributed by atoms with Gasteiger partial charge in [-0.25, -0.2) is 0 Å². The molecular formula is C10H18BrHgNO3. The number of hydrogen-bond acceptors (Lipinski definition) is 3. The number of likely N-dealkylation sites (tertiary alicyclic amines) is 1. The number of rotatable bonds is 2. The summed E-state index contributed by atoms with van der Waals surface area (Å²) >= 11 is 2.53. The van der Waals surface area contributed by atoms with E-state index in [1.165, 1.54) is 0 Å². The Bertz CT molecular complexity index is 257. The van der Waals surface area contributed by atoms with Crippen LogP contribution in [-0.4, -0.2) is 40.4 Å². The molecule has 0 aromatic rings. The predicted octanol–water partition coefficient (Wildman–Crippen LogP) is 2.17. The molecule has 0 aromatic carbocycles. The SMILES string of the molecule is CC(C)(C)OC(=O)N1CC[C@@H](O)[C@H]1[CH2][Hg][Br]. The molecule has 0 aromatic heterocycles. The van der Waals surface area contributed by atoms with Gasteiger partial charge in [0, 0.05) is 0 Å². The normalized spacial score (nSPS) is 25.4. The number of halogens is 1. The molecule has 4 nitrogen and oxygen atoms in total. The zero-order valence-corrected chi connectivity index (χ0v) is 17.2. The minimum atomic E-state index is -1.02. The number of aliphatic hydroxyl groups is 1. The van der Waals surface area contributed by atoms with Crippen molar-refractivity contribution in [3.63, 3.8) is 0 Å². The second-order valence-electron chi connectivity index (χ2n) is 5.07. The maximum absolute atomic E-state index is 11.9. The van der Waals surface area contributed by atoms with Gasteiger partial charge in [0.15, 0.2) is 0 Å². The van der Waals surface area contributed by atoms with E-state index in [1.807, 2.05) is 20.8 Å². The van der Waals surface area contributed by atoms with Crippen molar-refractivity contribution in [2.75, 3.05) is 6.54 Å². The first-order chi connectivity index (χ1) is 7.35. The van der Waals surface area contributed by atoms with E-state index in [0.29, 0.717) is 13.0 Å². The van der Waals surface area contributed by atoms with E-state index in [4.69, 9.17) is 4.74 Å². The van der Waals surface area contributed by atoms with Crippen molar-refractivity contribution in [2.45, 2.75) is 48.9 Å². The fraction of sp³-hybridized carbons (Fsp3) is 0.900. The minimum absolute atomic E-state index is 0.0177. The average molecular weight is 481 g/mol. The topological polar surface area (TPSA) is 49.8 Å². The van der Waals surface area contributed by atoms with Gasteiger partial charge in [0.2, 0.25) is 0 Å². The van der Waals surface area contributed by atoms with E-state index in [-0.39, 0.29) is 18.2 Å². The molecule has 1 aliphatic rings. The van der Waals surface area contributed by atoms with Crippen molar-refractivity contribution in [3.05, 3.63) is 0 Å². The van der Waals surface area contributed by atoms with Crippen molar-refractivity contribution in [2.24, 2.45) is 0 Å². The van der Waals surface area contributed by atoms with Crippen LogP contribution < -0.4 is 0 Å². The Morgan fingerprint density at radius 1 is 1.62 bits per heavy atom. The molecule has 0 saturated carbocycles. The van der Waals surface area contributed by atoms with Crippen LogP contribution in [0.25, 0.3) is 0 Å². The zero-order chi connectivity index (χ0) is 12.3. The Kier molecular flexibility index (Phi) is 5.52. The molecule has 1 N–H and O–H groups in total. The Balaban J connectivity index is 2.61. The maximum atomic E-state index is 11.9. The number of nitrogens with zero attached hydrogens (tertiary/aromatic N) is 1. The molecule has 1 saturated heterocycles. The molecule has 16 heavy (non-hydrogen) atoms.